The Hall–Kier alpha value is -2.62. The molecule has 0 aromatic heterocycles. The quantitative estimate of drug-likeness (QED) is 0.354. The van der Waals surface area contributed by atoms with Gasteiger partial charge in [-0.05, 0) is 18.3 Å². The van der Waals surface area contributed by atoms with Crippen LogP contribution in [0.15, 0.2) is 23.3 Å². The molecule has 0 aliphatic carbocycles. The molecule has 0 spiro atoms. The molecule has 9 nitrogen and oxygen atoms in total. The van der Waals surface area contributed by atoms with Crippen LogP contribution in [0.1, 0.15) is 5.56 Å². The van der Waals surface area contributed by atoms with Gasteiger partial charge in [0.2, 0.25) is 0 Å². The molecule has 0 heterocycles. The van der Waals surface area contributed by atoms with Crippen LogP contribution < -0.4 is 11.2 Å². The Balaban J connectivity index is 3.08. The fraction of sp³-hybridized carbons (Fsp3) is 0. The van der Waals surface area contributed by atoms with Crippen molar-refractivity contribution in [3.05, 3.63) is 44.0 Å². The fourth-order valence-corrected chi connectivity index (χ4v) is 1.14. The first-order valence-corrected chi connectivity index (χ1v) is 4.84. The molecule has 0 atom stereocenters. The molecular weight excluding hydrogens is 262 g/mol. The van der Waals surface area contributed by atoms with Crippen LogP contribution >= 0.6 is 12.2 Å². The van der Waals surface area contributed by atoms with Gasteiger partial charge in [0.25, 0.3) is 0 Å². The molecule has 1 aromatic rings. The van der Waals surface area contributed by atoms with Gasteiger partial charge in [-0.3, -0.25) is 25.7 Å². The molecule has 0 aliphatic rings. The summed E-state index contributed by atoms with van der Waals surface area (Å²) in [5.74, 6) is 0. The molecule has 94 valence electrons. The molecule has 0 amide bonds. The van der Waals surface area contributed by atoms with Crippen molar-refractivity contribution < 1.29 is 9.85 Å². The summed E-state index contributed by atoms with van der Waals surface area (Å²) >= 11 is 4.49. The minimum atomic E-state index is -0.837. The standard InChI is InChI=1S/C8H7N5O4S/c9-8(18)11-10-4-5-1-2-6(12(14)15)7(3-5)13(16)17/h1-4H,(H3,9,11,18). The van der Waals surface area contributed by atoms with E-state index in [-0.39, 0.29) is 5.11 Å². The van der Waals surface area contributed by atoms with E-state index in [4.69, 9.17) is 5.73 Å². The molecule has 18 heavy (non-hydrogen) atoms. The van der Waals surface area contributed by atoms with E-state index >= 15 is 0 Å². The maximum atomic E-state index is 10.7. The van der Waals surface area contributed by atoms with Crippen LogP contribution in [0.4, 0.5) is 11.4 Å². The van der Waals surface area contributed by atoms with E-state index in [2.05, 4.69) is 22.7 Å². The maximum Gasteiger partial charge on any atom is 0.346 e. The number of nitrogens with zero attached hydrogens (tertiary/aromatic N) is 3. The molecule has 1 aromatic carbocycles. The predicted octanol–water partition coefficient (Wildman–Crippen LogP) is 0.670. The summed E-state index contributed by atoms with van der Waals surface area (Å²) in [6.07, 6.45) is 1.20. The summed E-state index contributed by atoms with van der Waals surface area (Å²) in [5.41, 5.74) is 6.47. The second-order valence-electron chi connectivity index (χ2n) is 3.00. The van der Waals surface area contributed by atoms with E-state index in [9.17, 15) is 20.2 Å². The lowest BCUT2D eigenvalue weighted by Crippen LogP contribution is -2.23. The molecule has 10 heteroatoms. The molecule has 0 radical (unpaired) electrons. The van der Waals surface area contributed by atoms with E-state index < -0.39 is 21.2 Å². The van der Waals surface area contributed by atoms with Gasteiger partial charge in [-0.25, -0.2) is 0 Å². The van der Waals surface area contributed by atoms with Crippen molar-refractivity contribution in [3.8, 4) is 0 Å². The van der Waals surface area contributed by atoms with Crippen LogP contribution in [0.2, 0.25) is 0 Å². The Morgan fingerprint density at radius 3 is 2.44 bits per heavy atom. The van der Waals surface area contributed by atoms with E-state index in [1.54, 1.807) is 0 Å². The highest BCUT2D eigenvalue weighted by Gasteiger charge is 2.23. The van der Waals surface area contributed by atoms with Crippen LogP contribution in [-0.2, 0) is 0 Å². The van der Waals surface area contributed by atoms with E-state index in [0.717, 1.165) is 12.1 Å². The molecule has 0 saturated heterocycles. The minimum absolute atomic E-state index is 0.0670. The molecule has 0 fully saturated rings. The smallest absolute Gasteiger partial charge is 0.346 e. The van der Waals surface area contributed by atoms with Crippen molar-refractivity contribution in [1.29, 1.82) is 0 Å². The third-order valence-electron chi connectivity index (χ3n) is 1.78. The highest BCUT2D eigenvalue weighted by Crippen LogP contribution is 2.26. The zero-order valence-corrected chi connectivity index (χ0v) is 9.59. The molecular formula is C8H7N5O4S. The summed E-state index contributed by atoms with van der Waals surface area (Å²) in [4.78, 5) is 19.6. The second-order valence-corrected chi connectivity index (χ2v) is 3.44. The second kappa shape index (κ2) is 5.63. The van der Waals surface area contributed by atoms with E-state index in [1.807, 2.05) is 0 Å². The first kappa shape index (κ1) is 13.4. The third-order valence-corrected chi connectivity index (χ3v) is 1.87. The van der Waals surface area contributed by atoms with E-state index in [1.165, 1.54) is 12.3 Å². The Bertz CT molecular complexity index is 544. The fourth-order valence-electron chi connectivity index (χ4n) is 1.09. The first-order valence-electron chi connectivity index (χ1n) is 4.43. The van der Waals surface area contributed by atoms with Crippen molar-refractivity contribution in [2.45, 2.75) is 0 Å². The number of hydrazone groups is 1. The van der Waals surface area contributed by atoms with Crippen molar-refractivity contribution in [2.75, 3.05) is 0 Å². The van der Waals surface area contributed by atoms with Gasteiger partial charge in [-0.1, -0.05) is 0 Å². The molecule has 1 rings (SSSR count). The van der Waals surface area contributed by atoms with Crippen LogP contribution in [0.3, 0.4) is 0 Å². The average Bonchev–Trinajstić information content (AvgIpc) is 2.28. The predicted molar refractivity (Wildman–Crippen MR) is 67.3 cm³/mol. The average molecular weight is 269 g/mol. The number of rotatable bonds is 4. The highest BCUT2D eigenvalue weighted by atomic mass is 32.1. The Morgan fingerprint density at radius 1 is 1.33 bits per heavy atom. The lowest BCUT2D eigenvalue weighted by atomic mass is 10.2. The zero-order chi connectivity index (χ0) is 13.7. The molecule has 0 saturated carbocycles. The van der Waals surface area contributed by atoms with Crippen LogP contribution in [-0.4, -0.2) is 21.2 Å². The van der Waals surface area contributed by atoms with Gasteiger partial charge in [-0.2, -0.15) is 5.10 Å². The molecule has 0 bridgehead atoms. The summed E-state index contributed by atoms with van der Waals surface area (Å²) in [6.45, 7) is 0. The van der Waals surface area contributed by atoms with Crippen molar-refractivity contribution >= 4 is 34.9 Å². The zero-order valence-electron chi connectivity index (χ0n) is 8.77. The number of hydrogen-bond acceptors (Lipinski definition) is 6. The van der Waals surface area contributed by atoms with Gasteiger partial charge in [0.15, 0.2) is 5.11 Å². The number of thiocarbonyl (C=S) groups is 1. The SMILES string of the molecule is NC(=S)NN=Cc1ccc([N+](=O)[O-])c([N+](=O)[O-])c1. The van der Waals surface area contributed by atoms with Gasteiger partial charge < -0.3 is 5.73 Å². The number of benzene rings is 1. The highest BCUT2D eigenvalue weighted by molar-refractivity contribution is 7.80. The number of hydrogen-bond donors (Lipinski definition) is 2. The van der Waals surface area contributed by atoms with Crippen LogP contribution in [0.25, 0.3) is 0 Å². The lowest BCUT2D eigenvalue weighted by Gasteiger charge is -1.97. The number of nitrogens with two attached hydrogens (primary N) is 1. The maximum absolute atomic E-state index is 10.7. The topological polar surface area (TPSA) is 137 Å². The van der Waals surface area contributed by atoms with Gasteiger partial charge in [-0.15, -0.1) is 0 Å². The van der Waals surface area contributed by atoms with E-state index in [0.29, 0.717) is 5.56 Å². The summed E-state index contributed by atoms with van der Waals surface area (Å²) in [6, 6.07) is 3.37. The lowest BCUT2D eigenvalue weighted by molar-refractivity contribution is -0.422. The molecule has 0 aliphatic heterocycles. The Morgan fingerprint density at radius 2 is 1.94 bits per heavy atom. The van der Waals surface area contributed by atoms with Gasteiger partial charge in [0.1, 0.15) is 0 Å². The van der Waals surface area contributed by atoms with Crippen LogP contribution in [0.5, 0.6) is 0 Å². The Kier molecular flexibility index (Phi) is 4.21. The van der Waals surface area contributed by atoms with Gasteiger partial charge in [0, 0.05) is 17.7 Å². The number of nitrogens with one attached hydrogen (secondary N) is 1. The van der Waals surface area contributed by atoms with Crippen molar-refractivity contribution in [3.63, 3.8) is 0 Å². The summed E-state index contributed by atoms with van der Waals surface area (Å²) in [5, 5.41) is 24.7. The Labute approximate surface area is 106 Å². The van der Waals surface area contributed by atoms with Crippen molar-refractivity contribution in [1.82, 2.24) is 5.43 Å². The summed E-state index contributed by atoms with van der Waals surface area (Å²) < 4.78 is 0. The third kappa shape index (κ3) is 3.45. The minimum Gasteiger partial charge on any atom is -0.375 e. The van der Waals surface area contributed by atoms with Gasteiger partial charge in [0.05, 0.1) is 16.1 Å². The number of nitro benzene ring substituents is 2. The van der Waals surface area contributed by atoms with Gasteiger partial charge >= 0.3 is 11.4 Å². The largest absolute Gasteiger partial charge is 0.375 e. The molecule has 0 unspecified atom stereocenters. The first-order chi connectivity index (χ1) is 8.41. The van der Waals surface area contributed by atoms with Crippen molar-refractivity contribution in [2.24, 2.45) is 10.8 Å². The monoisotopic (exact) mass is 269 g/mol. The normalized spacial score (nSPS) is 10.2. The summed E-state index contributed by atoms with van der Waals surface area (Å²) in [7, 11) is 0. The molecule has 3 N–H and O–H groups in total. The van der Waals surface area contributed by atoms with Crippen LogP contribution in [0, 0.1) is 20.2 Å². The number of nitro groups is 2.